The molecule has 2 aromatic carbocycles. The lowest BCUT2D eigenvalue weighted by Crippen LogP contribution is -2.26. The minimum atomic E-state index is -1.02. The van der Waals surface area contributed by atoms with Crippen molar-refractivity contribution in [1.29, 1.82) is 0 Å². The Balaban J connectivity index is 1.27. The van der Waals surface area contributed by atoms with Crippen LogP contribution in [-0.2, 0) is 9.47 Å². The number of hydrogen-bond donors (Lipinski definition) is 0. The van der Waals surface area contributed by atoms with Gasteiger partial charge in [0, 0.05) is 11.5 Å². The Labute approximate surface area is 202 Å². The summed E-state index contributed by atoms with van der Waals surface area (Å²) in [5, 5.41) is 0. The number of benzene rings is 2. The molecule has 0 aromatic heterocycles. The molecule has 3 nitrogen and oxygen atoms in total. The average Bonchev–Trinajstić information content (AvgIpc) is 2.89. The van der Waals surface area contributed by atoms with Crippen molar-refractivity contribution in [3.05, 3.63) is 64.7 Å². The Morgan fingerprint density at radius 3 is 2.06 bits per heavy atom. The fraction of sp³-hybridized carbons (Fsp3) is 0.586. The standard InChI is InChI=1S/C29H38F2O3/c1-3-4-5-6-7-20-8-10-21(11-9-20)22-12-14-23(15-13-22)24-18-33-29(34-19-24)25-16-17-26(32-2)28(31)27(25)30/h12-17,20-21,24,29H,3-11,18-19H2,1-2H3. The first-order valence-corrected chi connectivity index (χ1v) is 13.0. The molecule has 34 heavy (non-hydrogen) atoms. The molecule has 1 saturated heterocycles. The van der Waals surface area contributed by atoms with E-state index in [1.807, 2.05) is 0 Å². The predicted molar refractivity (Wildman–Crippen MR) is 130 cm³/mol. The molecule has 1 saturated carbocycles. The first-order valence-electron chi connectivity index (χ1n) is 13.0. The third-order valence-corrected chi connectivity index (χ3v) is 7.64. The van der Waals surface area contributed by atoms with Gasteiger partial charge in [-0.05, 0) is 60.8 Å². The largest absolute Gasteiger partial charge is 0.494 e. The van der Waals surface area contributed by atoms with Gasteiger partial charge in [-0.2, -0.15) is 4.39 Å². The maximum atomic E-state index is 14.4. The van der Waals surface area contributed by atoms with E-state index in [1.54, 1.807) is 0 Å². The van der Waals surface area contributed by atoms with Gasteiger partial charge in [-0.15, -0.1) is 0 Å². The van der Waals surface area contributed by atoms with Crippen molar-refractivity contribution < 1.29 is 23.0 Å². The van der Waals surface area contributed by atoms with Crippen LogP contribution in [0.4, 0.5) is 8.78 Å². The van der Waals surface area contributed by atoms with E-state index in [9.17, 15) is 8.78 Å². The van der Waals surface area contributed by atoms with Gasteiger partial charge in [-0.25, -0.2) is 4.39 Å². The first kappa shape index (κ1) is 25.1. The Morgan fingerprint density at radius 2 is 1.44 bits per heavy atom. The molecule has 0 radical (unpaired) electrons. The van der Waals surface area contributed by atoms with E-state index in [4.69, 9.17) is 14.2 Å². The van der Waals surface area contributed by atoms with Gasteiger partial charge in [-0.1, -0.05) is 63.3 Å². The molecule has 0 atom stereocenters. The summed E-state index contributed by atoms with van der Waals surface area (Å²) in [5.74, 6) is -0.470. The van der Waals surface area contributed by atoms with E-state index >= 15 is 0 Å². The van der Waals surface area contributed by atoms with E-state index in [1.165, 1.54) is 82.6 Å². The van der Waals surface area contributed by atoms with Crippen molar-refractivity contribution in [3.8, 4) is 5.75 Å². The number of halogens is 2. The van der Waals surface area contributed by atoms with Gasteiger partial charge in [0.25, 0.3) is 0 Å². The van der Waals surface area contributed by atoms with Crippen LogP contribution < -0.4 is 4.74 Å². The van der Waals surface area contributed by atoms with Crippen molar-refractivity contribution in [2.45, 2.75) is 82.8 Å². The zero-order chi connectivity index (χ0) is 23.9. The molecule has 2 aliphatic rings. The number of unbranched alkanes of at least 4 members (excludes halogenated alkanes) is 3. The van der Waals surface area contributed by atoms with Crippen LogP contribution in [-0.4, -0.2) is 20.3 Å². The summed E-state index contributed by atoms with van der Waals surface area (Å²) in [6.07, 6.45) is 11.2. The topological polar surface area (TPSA) is 27.7 Å². The quantitative estimate of drug-likeness (QED) is 0.346. The monoisotopic (exact) mass is 472 g/mol. The highest BCUT2D eigenvalue weighted by molar-refractivity contribution is 5.32. The zero-order valence-corrected chi connectivity index (χ0v) is 20.5. The van der Waals surface area contributed by atoms with Crippen molar-refractivity contribution in [1.82, 2.24) is 0 Å². The Bertz CT molecular complexity index is 898. The van der Waals surface area contributed by atoms with Crippen LogP contribution in [0.5, 0.6) is 5.75 Å². The van der Waals surface area contributed by atoms with E-state index < -0.39 is 17.9 Å². The van der Waals surface area contributed by atoms with E-state index in [0.717, 1.165) is 11.5 Å². The summed E-state index contributed by atoms with van der Waals surface area (Å²) in [7, 11) is 1.31. The number of methoxy groups -OCH3 is 1. The summed E-state index contributed by atoms with van der Waals surface area (Å²) in [5.41, 5.74) is 2.65. The molecule has 1 heterocycles. The Morgan fingerprint density at radius 1 is 0.794 bits per heavy atom. The highest BCUT2D eigenvalue weighted by Gasteiger charge is 2.29. The number of hydrogen-bond acceptors (Lipinski definition) is 3. The molecular weight excluding hydrogens is 434 g/mol. The van der Waals surface area contributed by atoms with Crippen LogP contribution in [0.2, 0.25) is 0 Å². The fourth-order valence-electron chi connectivity index (χ4n) is 5.45. The van der Waals surface area contributed by atoms with E-state index in [2.05, 4.69) is 31.2 Å². The van der Waals surface area contributed by atoms with Crippen LogP contribution in [0.3, 0.4) is 0 Å². The molecule has 1 aliphatic carbocycles. The summed E-state index contributed by atoms with van der Waals surface area (Å²) in [6, 6.07) is 11.7. The van der Waals surface area contributed by atoms with Crippen molar-refractivity contribution in [3.63, 3.8) is 0 Å². The highest BCUT2D eigenvalue weighted by Crippen LogP contribution is 2.39. The molecule has 186 valence electrons. The van der Waals surface area contributed by atoms with Gasteiger partial charge in [-0.3, -0.25) is 0 Å². The summed E-state index contributed by atoms with van der Waals surface area (Å²) < 4.78 is 44.8. The SMILES string of the molecule is CCCCCCC1CCC(c2ccc(C3COC(c4ccc(OC)c(F)c4F)OC3)cc2)CC1. The molecular formula is C29H38F2O3. The second-order valence-corrected chi connectivity index (χ2v) is 9.91. The van der Waals surface area contributed by atoms with E-state index in [0.29, 0.717) is 19.1 Å². The van der Waals surface area contributed by atoms with Gasteiger partial charge < -0.3 is 14.2 Å². The summed E-state index contributed by atoms with van der Waals surface area (Å²) in [6.45, 7) is 3.08. The van der Waals surface area contributed by atoms with E-state index in [-0.39, 0.29) is 17.2 Å². The van der Waals surface area contributed by atoms with Gasteiger partial charge in [0.15, 0.2) is 17.9 Å². The Kier molecular flexibility index (Phi) is 8.96. The van der Waals surface area contributed by atoms with Crippen LogP contribution >= 0.6 is 0 Å². The van der Waals surface area contributed by atoms with Gasteiger partial charge in [0.05, 0.1) is 20.3 Å². The first-order chi connectivity index (χ1) is 16.6. The second kappa shape index (κ2) is 12.1. The van der Waals surface area contributed by atoms with Gasteiger partial charge >= 0.3 is 0 Å². The zero-order valence-electron chi connectivity index (χ0n) is 20.5. The summed E-state index contributed by atoms with van der Waals surface area (Å²) in [4.78, 5) is 0. The maximum absolute atomic E-state index is 14.4. The average molecular weight is 473 g/mol. The molecule has 4 rings (SSSR count). The molecule has 5 heteroatoms. The third-order valence-electron chi connectivity index (χ3n) is 7.64. The molecule has 0 spiro atoms. The van der Waals surface area contributed by atoms with Crippen LogP contribution in [0, 0.1) is 17.6 Å². The predicted octanol–water partition coefficient (Wildman–Crippen LogP) is 8.05. The van der Waals surface area contributed by atoms with Crippen LogP contribution in [0.25, 0.3) is 0 Å². The molecule has 2 fully saturated rings. The normalized spacial score (nSPS) is 25.3. The van der Waals surface area contributed by atoms with Crippen LogP contribution in [0.1, 0.15) is 99.5 Å². The lowest BCUT2D eigenvalue weighted by atomic mass is 9.77. The minimum absolute atomic E-state index is 0.0630. The molecule has 2 aromatic rings. The van der Waals surface area contributed by atoms with Gasteiger partial charge in [0.2, 0.25) is 5.82 Å². The lowest BCUT2D eigenvalue weighted by Gasteiger charge is -2.31. The molecule has 0 bridgehead atoms. The molecule has 1 aliphatic heterocycles. The minimum Gasteiger partial charge on any atom is -0.494 e. The van der Waals surface area contributed by atoms with Gasteiger partial charge in [0.1, 0.15) is 0 Å². The smallest absolute Gasteiger partial charge is 0.201 e. The highest BCUT2D eigenvalue weighted by atomic mass is 19.2. The van der Waals surface area contributed by atoms with Crippen molar-refractivity contribution in [2.24, 2.45) is 5.92 Å². The van der Waals surface area contributed by atoms with Crippen molar-refractivity contribution >= 4 is 0 Å². The van der Waals surface area contributed by atoms with Crippen LogP contribution in [0.15, 0.2) is 36.4 Å². The summed E-state index contributed by atoms with van der Waals surface area (Å²) >= 11 is 0. The molecule has 0 amide bonds. The fourth-order valence-corrected chi connectivity index (χ4v) is 5.45. The molecule has 0 unspecified atom stereocenters. The Hall–Kier alpha value is -1.98. The second-order valence-electron chi connectivity index (χ2n) is 9.91. The number of ether oxygens (including phenoxy) is 3. The molecule has 0 N–H and O–H groups in total. The maximum Gasteiger partial charge on any atom is 0.201 e. The number of rotatable bonds is 9. The third kappa shape index (κ3) is 5.98. The lowest BCUT2D eigenvalue weighted by molar-refractivity contribution is -0.193. The van der Waals surface area contributed by atoms with Crippen molar-refractivity contribution in [2.75, 3.05) is 20.3 Å².